The molecule has 1 heterocycles. The predicted molar refractivity (Wildman–Crippen MR) is 85.1 cm³/mol. The fourth-order valence-electron chi connectivity index (χ4n) is 3.53. The lowest BCUT2D eigenvalue weighted by atomic mass is 9.83. The predicted octanol–water partition coefficient (Wildman–Crippen LogP) is 5.32. The Morgan fingerprint density at radius 2 is 1.86 bits per heavy atom. The summed E-state index contributed by atoms with van der Waals surface area (Å²) in [5.41, 5.74) is 2.60. The molecule has 3 heteroatoms. The highest BCUT2D eigenvalue weighted by molar-refractivity contribution is 5.63. The number of furan rings is 1. The van der Waals surface area contributed by atoms with Crippen molar-refractivity contribution in [3.8, 4) is 11.3 Å². The largest absolute Gasteiger partial charge is 0.461 e. The fraction of sp³-hybridized carbons (Fsp3) is 0.474. The third kappa shape index (κ3) is 2.95. The highest BCUT2D eigenvalue weighted by Crippen LogP contribution is 2.38. The highest BCUT2D eigenvalue weighted by atomic mass is 19.1. The Morgan fingerprint density at radius 3 is 2.55 bits per heavy atom. The Labute approximate surface area is 131 Å². The molecule has 0 saturated heterocycles. The molecular weight excluding hydrogens is 279 g/mol. The van der Waals surface area contributed by atoms with Gasteiger partial charge in [0.25, 0.3) is 0 Å². The molecule has 1 aromatic heterocycles. The number of rotatable bonds is 3. The van der Waals surface area contributed by atoms with Gasteiger partial charge in [0.1, 0.15) is 17.3 Å². The van der Waals surface area contributed by atoms with E-state index in [-0.39, 0.29) is 5.82 Å². The Morgan fingerprint density at radius 1 is 1.14 bits per heavy atom. The SMILES string of the molecule is Cc1cc(F)ccc1-c1cc(C(O)C2CCCCC2)c(C)o1. The van der Waals surface area contributed by atoms with E-state index in [1.54, 1.807) is 6.07 Å². The quantitative estimate of drug-likeness (QED) is 0.832. The number of benzene rings is 1. The maximum atomic E-state index is 13.2. The van der Waals surface area contributed by atoms with Crippen LogP contribution >= 0.6 is 0 Å². The lowest BCUT2D eigenvalue weighted by Gasteiger charge is -2.26. The molecule has 1 aliphatic rings. The standard InChI is InChI=1S/C19H23FO2/c1-12-10-15(20)8-9-16(12)18-11-17(13(2)22-18)19(21)14-6-4-3-5-7-14/h8-11,14,19,21H,3-7H2,1-2H3. The van der Waals surface area contributed by atoms with Crippen LogP contribution in [0.2, 0.25) is 0 Å². The number of aryl methyl sites for hydroxylation is 2. The normalized spacial score (nSPS) is 17.6. The molecular formula is C19H23FO2. The van der Waals surface area contributed by atoms with Crippen molar-refractivity contribution >= 4 is 0 Å². The average molecular weight is 302 g/mol. The summed E-state index contributed by atoms with van der Waals surface area (Å²) in [6.07, 6.45) is 5.37. The summed E-state index contributed by atoms with van der Waals surface area (Å²) >= 11 is 0. The minimum atomic E-state index is -0.460. The summed E-state index contributed by atoms with van der Waals surface area (Å²) in [4.78, 5) is 0. The molecule has 1 unspecified atom stereocenters. The maximum Gasteiger partial charge on any atom is 0.134 e. The summed E-state index contributed by atoms with van der Waals surface area (Å²) < 4.78 is 19.1. The van der Waals surface area contributed by atoms with Crippen LogP contribution < -0.4 is 0 Å². The van der Waals surface area contributed by atoms with E-state index in [2.05, 4.69) is 0 Å². The third-order valence-corrected chi connectivity index (χ3v) is 4.83. The smallest absolute Gasteiger partial charge is 0.134 e. The second-order valence-electron chi connectivity index (χ2n) is 6.42. The van der Waals surface area contributed by atoms with Gasteiger partial charge in [0.2, 0.25) is 0 Å². The van der Waals surface area contributed by atoms with Crippen molar-refractivity contribution in [2.24, 2.45) is 5.92 Å². The summed E-state index contributed by atoms with van der Waals surface area (Å²) in [7, 11) is 0. The van der Waals surface area contributed by atoms with Crippen molar-refractivity contribution in [2.75, 3.05) is 0 Å². The zero-order chi connectivity index (χ0) is 15.7. The van der Waals surface area contributed by atoms with Crippen molar-refractivity contribution in [3.63, 3.8) is 0 Å². The zero-order valence-corrected chi connectivity index (χ0v) is 13.2. The first-order valence-electron chi connectivity index (χ1n) is 8.11. The Kier molecular flexibility index (Phi) is 4.34. The van der Waals surface area contributed by atoms with Crippen molar-refractivity contribution in [1.82, 2.24) is 0 Å². The van der Waals surface area contributed by atoms with Gasteiger partial charge < -0.3 is 9.52 Å². The van der Waals surface area contributed by atoms with E-state index in [9.17, 15) is 9.50 Å². The maximum absolute atomic E-state index is 13.2. The van der Waals surface area contributed by atoms with Gasteiger partial charge in [0.15, 0.2) is 0 Å². The molecule has 0 radical (unpaired) electrons. The number of halogens is 1. The first-order chi connectivity index (χ1) is 10.6. The van der Waals surface area contributed by atoms with E-state index in [1.165, 1.54) is 31.4 Å². The van der Waals surface area contributed by atoms with Crippen molar-refractivity contribution in [2.45, 2.75) is 52.1 Å². The van der Waals surface area contributed by atoms with Crippen LogP contribution in [0.3, 0.4) is 0 Å². The van der Waals surface area contributed by atoms with Crippen LogP contribution in [-0.4, -0.2) is 5.11 Å². The van der Waals surface area contributed by atoms with Gasteiger partial charge in [-0.05, 0) is 62.4 Å². The summed E-state index contributed by atoms with van der Waals surface area (Å²) in [6.45, 7) is 3.76. The zero-order valence-electron chi connectivity index (χ0n) is 13.2. The Bertz CT molecular complexity index is 653. The van der Waals surface area contributed by atoms with Crippen molar-refractivity contribution in [1.29, 1.82) is 0 Å². The number of aliphatic hydroxyl groups is 1. The van der Waals surface area contributed by atoms with Gasteiger partial charge in [-0.25, -0.2) is 4.39 Å². The minimum absolute atomic E-state index is 0.244. The van der Waals surface area contributed by atoms with Crippen LogP contribution in [0.4, 0.5) is 4.39 Å². The van der Waals surface area contributed by atoms with Gasteiger partial charge in [-0.3, -0.25) is 0 Å². The molecule has 3 rings (SSSR count). The van der Waals surface area contributed by atoms with Crippen molar-refractivity contribution < 1.29 is 13.9 Å². The van der Waals surface area contributed by atoms with E-state index in [1.807, 2.05) is 19.9 Å². The summed E-state index contributed by atoms with van der Waals surface area (Å²) in [5, 5.41) is 10.7. The number of aliphatic hydroxyl groups excluding tert-OH is 1. The topological polar surface area (TPSA) is 33.4 Å². The monoisotopic (exact) mass is 302 g/mol. The molecule has 2 aromatic rings. The van der Waals surface area contributed by atoms with Crippen LogP contribution in [0.1, 0.15) is 55.1 Å². The second-order valence-corrected chi connectivity index (χ2v) is 6.42. The molecule has 1 saturated carbocycles. The van der Waals surface area contributed by atoms with Gasteiger partial charge in [-0.2, -0.15) is 0 Å². The van der Waals surface area contributed by atoms with Gasteiger partial charge in [0.05, 0.1) is 6.10 Å². The molecule has 2 nitrogen and oxygen atoms in total. The van der Waals surface area contributed by atoms with Crippen molar-refractivity contribution in [3.05, 3.63) is 47.0 Å². The lowest BCUT2D eigenvalue weighted by Crippen LogP contribution is -2.16. The lowest BCUT2D eigenvalue weighted by molar-refractivity contribution is 0.0835. The van der Waals surface area contributed by atoms with Crippen LogP contribution in [0.5, 0.6) is 0 Å². The number of hydrogen-bond donors (Lipinski definition) is 1. The molecule has 0 spiro atoms. The molecule has 1 N–H and O–H groups in total. The third-order valence-electron chi connectivity index (χ3n) is 4.83. The van der Waals surface area contributed by atoms with Gasteiger partial charge >= 0.3 is 0 Å². The average Bonchev–Trinajstić information content (AvgIpc) is 2.89. The number of hydrogen-bond acceptors (Lipinski definition) is 2. The molecule has 118 valence electrons. The molecule has 22 heavy (non-hydrogen) atoms. The molecule has 1 fully saturated rings. The molecule has 1 atom stereocenters. The second kappa shape index (κ2) is 6.25. The van der Waals surface area contributed by atoms with E-state index in [0.717, 1.165) is 35.3 Å². The van der Waals surface area contributed by atoms with E-state index in [0.29, 0.717) is 11.7 Å². The van der Waals surface area contributed by atoms with Gasteiger partial charge in [-0.1, -0.05) is 19.3 Å². The van der Waals surface area contributed by atoms with Crippen LogP contribution in [-0.2, 0) is 0 Å². The van der Waals surface area contributed by atoms with E-state index in [4.69, 9.17) is 4.42 Å². The Balaban J connectivity index is 1.89. The van der Waals surface area contributed by atoms with Gasteiger partial charge in [-0.15, -0.1) is 0 Å². The van der Waals surface area contributed by atoms with E-state index < -0.39 is 6.10 Å². The van der Waals surface area contributed by atoms with Gasteiger partial charge in [0, 0.05) is 11.1 Å². The highest BCUT2D eigenvalue weighted by Gasteiger charge is 2.26. The van der Waals surface area contributed by atoms with E-state index >= 15 is 0 Å². The Hall–Kier alpha value is -1.61. The summed E-state index contributed by atoms with van der Waals surface area (Å²) in [6, 6.07) is 6.61. The molecule has 0 bridgehead atoms. The molecule has 0 amide bonds. The van der Waals surface area contributed by atoms with Crippen LogP contribution in [0, 0.1) is 25.6 Å². The first-order valence-corrected chi connectivity index (χ1v) is 8.11. The molecule has 0 aliphatic heterocycles. The fourth-order valence-corrected chi connectivity index (χ4v) is 3.53. The molecule has 1 aromatic carbocycles. The van der Waals surface area contributed by atoms with Crippen LogP contribution in [0.25, 0.3) is 11.3 Å². The minimum Gasteiger partial charge on any atom is -0.461 e. The van der Waals surface area contributed by atoms with Crippen LogP contribution in [0.15, 0.2) is 28.7 Å². The summed E-state index contributed by atoms with van der Waals surface area (Å²) in [5.74, 6) is 1.55. The first kappa shape index (κ1) is 15.3. The molecule has 1 aliphatic carbocycles.